The number of rotatable bonds is 7. The standard InChI is InChI=1S/C44H72N4O10S2/c1-24-14-17-33(49)44(8,58-38-19-16-31(48(11)12)27(4)55-38)34(50)22-36-46-43(7,41(53-13)60(36)52)40-45-29(23-59-40)39(51)57-35-21-32(28(20-24)25(2)42(35,5)6)56-37-18-15-30(47(9)10)26(3)54-37/h20,22,25-33,35,37-38,41,46,49H,14-19,21,23H2,1-13H3/b24-20-,36-22?. The summed E-state index contributed by atoms with van der Waals surface area (Å²) in [6, 6.07) is -0.325. The lowest BCUT2D eigenvalue weighted by molar-refractivity contribution is -0.260. The van der Waals surface area contributed by atoms with Gasteiger partial charge in [-0.3, -0.25) is 9.79 Å². The van der Waals surface area contributed by atoms with Crippen molar-refractivity contribution in [1.29, 1.82) is 0 Å². The van der Waals surface area contributed by atoms with Gasteiger partial charge in [-0.1, -0.05) is 32.4 Å². The second kappa shape index (κ2) is 18.8. The highest BCUT2D eigenvalue weighted by Gasteiger charge is 2.55. The Balaban J connectivity index is 1.37. The topological polar surface area (TPSA) is 158 Å². The van der Waals surface area contributed by atoms with E-state index in [0.29, 0.717) is 30.1 Å². The number of methoxy groups -OCH3 is 1. The number of hydrogen-bond acceptors (Lipinski definition) is 15. The molecule has 6 aliphatic heterocycles. The summed E-state index contributed by atoms with van der Waals surface area (Å²) in [5.41, 5.74) is -3.21. The van der Waals surface area contributed by atoms with Crippen molar-refractivity contribution < 1.29 is 47.3 Å². The predicted molar refractivity (Wildman–Crippen MR) is 234 cm³/mol. The smallest absolute Gasteiger partial charge is 0.332 e. The van der Waals surface area contributed by atoms with Crippen LogP contribution in [0.2, 0.25) is 0 Å². The van der Waals surface area contributed by atoms with Crippen molar-refractivity contribution in [3.8, 4) is 0 Å². The average molecular weight is 881 g/mol. The Bertz CT molecular complexity index is 1710. The zero-order valence-corrected chi connectivity index (χ0v) is 39.7. The van der Waals surface area contributed by atoms with Gasteiger partial charge in [0.1, 0.15) is 27.5 Å². The summed E-state index contributed by atoms with van der Waals surface area (Å²) < 4.78 is 52.7. The van der Waals surface area contributed by atoms with Crippen molar-refractivity contribution in [3.63, 3.8) is 0 Å². The van der Waals surface area contributed by atoms with Gasteiger partial charge in [0.15, 0.2) is 35.4 Å². The number of ketones is 1. The van der Waals surface area contributed by atoms with Crippen LogP contribution in [0, 0.1) is 17.3 Å². The van der Waals surface area contributed by atoms with Gasteiger partial charge in [-0.2, -0.15) is 0 Å². The molecule has 14 nitrogen and oxygen atoms in total. The molecule has 4 fully saturated rings. The molecule has 340 valence electrons. The summed E-state index contributed by atoms with van der Waals surface area (Å²) in [6.07, 6.45) is 4.30. The number of carbonyl (C=O) groups excluding carboxylic acids is 2. The van der Waals surface area contributed by atoms with E-state index in [1.54, 1.807) is 6.92 Å². The maximum atomic E-state index is 14.6. The van der Waals surface area contributed by atoms with Crippen molar-refractivity contribution in [1.82, 2.24) is 15.1 Å². The monoisotopic (exact) mass is 880 g/mol. The first-order valence-corrected chi connectivity index (χ1v) is 24.0. The van der Waals surface area contributed by atoms with E-state index < -0.39 is 75.4 Å². The van der Waals surface area contributed by atoms with E-state index >= 15 is 0 Å². The molecular weight excluding hydrogens is 809 g/mol. The third-order valence-electron chi connectivity index (χ3n) is 14.5. The Labute approximate surface area is 364 Å². The molecule has 0 aromatic carbocycles. The third-order valence-corrected chi connectivity index (χ3v) is 17.5. The number of thioether (sulfide) groups is 1. The maximum Gasteiger partial charge on any atom is 0.332 e. The molecule has 0 aromatic heterocycles. The minimum absolute atomic E-state index is 0.0151. The van der Waals surface area contributed by atoms with E-state index in [-0.39, 0.29) is 53.7 Å². The van der Waals surface area contributed by atoms with E-state index in [9.17, 15) is 18.9 Å². The number of allylic oxidation sites excluding steroid dienone is 1. The van der Waals surface area contributed by atoms with E-state index in [1.165, 1.54) is 24.9 Å². The molecule has 0 aromatic rings. The van der Waals surface area contributed by atoms with Gasteiger partial charge in [0.25, 0.3) is 0 Å². The number of aliphatic hydroxyl groups excluding tert-OH is 1. The predicted octanol–water partition coefficient (Wildman–Crippen LogP) is 4.76. The largest absolute Gasteiger partial charge is 0.460 e. The zero-order valence-electron chi connectivity index (χ0n) is 38.1. The van der Waals surface area contributed by atoms with Gasteiger partial charge in [0.2, 0.25) is 0 Å². The Kier molecular flexibility index (Phi) is 14.9. The lowest BCUT2D eigenvalue weighted by Crippen LogP contribution is -2.54. The number of aliphatic hydroxyl groups is 1. The molecule has 6 bridgehead atoms. The van der Waals surface area contributed by atoms with Crippen LogP contribution >= 0.6 is 11.8 Å². The zero-order chi connectivity index (χ0) is 44.1. The summed E-state index contributed by atoms with van der Waals surface area (Å²) in [6.45, 7) is 16.0. The number of nitrogens with zero attached hydrogens (tertiary/aromatic N) is 3. The van der Waals surface area contributed by atoms with Gasteiger partial charge in [-0.25, -0.2) is 9.00 Å². The lowest BCUT2D eigenvalue weighted by Gasteiger charge is -2.51. The second-order valence-electron chi connectivity index (χ2n) is 19.4. The first-order valence-electron chi connectivity index (χ1n) is 21.8. The molecule has 0 radical (unpaired) electrons. The molecule has 0 spiro atoms. The summed E-state index contributed by atoms with van der Waals surface area (Å²) in [5.74, 6) is -0.671. The Morgan fingerprint density at radius 3 is 2.17 bits per heavy atom. The number of likely N-dealkylation sites (N-methyl/N-ethyl adjacent to an activating group) is 2. The van der Waals surface area contributed by atoms with Crippen molar-refractivity contribution in [3.05, 3.63) is 22.8 Å². The van der Waals surface area contributed by atoms with Crippen LogP contribution in [0.15, 0.2) is 27.7 Å². The van der Waals surface area contributed by atoms with Gasteiger partial charge in [-0.15, -0.1) is 11.8 Å². The molecule has 7 rings (SSSR count). The fraction of sp³-hybridized carbons (Fsp3) is 0.841. The molecular formula is C44H72N4O10S2. The van der Waals surface area contributed by atoms with Crippen molar-refractivity contribution in [2.45, 2.75) is 178 Å². The average Bonchev–Trinajstić information content (AvgIpc) is 3.77. The normalized spacial score (nSPS) is 45.1. The van der Waals surface area contributed by atoms with Gasteiger partial charge in [0.05, 0.1) is 29.5 Å². The van der Waals surface area contributed by atoms with Crippen LogP contribution in [0.4, 0.5) is 0 Å². The molecule has 16 atom stereocenters. The van der Waals surface area contributed by atoms with Crippen LogP contribution in [0.1, 0.15) is 100 Å². The quantitative estimate of drug-likeness (QED) is 0.267. The Morgan fingerprint density at radius 2 is 1.57 bits per heavy atom. The minimum Gasteiger partial charge on any atom is -0.460 e. The molecule has 60 heavy (non-hydrogen) atoms. The number of carbonyl (C=O) groups is 2. The fourth-order valence-electron chi connectivity index (χ4n) is 10.1. The first kappa shape index (κ1) is 47.7. The van der Waals surface area contributed by atoms with E-state index in [0.717, 1.165) is 24.8 Å². The van der Waals surface area contributed by atoms with Crippen LogP contribution in [-0.4, -0.2) is 155 Å². The molecule has 6 heterocycles. The number of esters is 1. The van der Waals surface area contributed by atoms with Crippen LogP contribution in [-0.2, 0) is 48.8 Å². The SMILES string of the molecule is COC1S(=O)C2=CC(=O)C(C)(OC3CCC(N(C)C)C(C)O3)C(O)CC/C(C)=C\C3C(OC4CCC(N(C)C)C(C)O4)CC(OC(=O)C4CSC(=N4)C1(C)N2)C(C)(C)C3C. The van der Waals surface area contributed by atoms with E-state index in [4.69, 9.17) is 33.4 Å². The summed E-state index contributed by atoms with van der Waals surface area (Å²) in [4.78, 5) is 37.9. The number of aliphatic imine (C=N–C) groups is 1. The summed E-state index contributed by atoms with van der Waals surface area (Å²) in [5, 5.41) is 16.1. The van der Waals surface area contributed by atoms with Crippen molar-refractivity contribution in [2.75, 3.05) is 41.1 Å². The summed E-state index contributed by atoms with van der Waals surface area (Å²) >= 11 is 1.38. The van der Waals surface area contributed by atoms with Crippen molar-refractivity contribution >= 4 is 39.4 Å². The highest BCUT2D eigenvalue weighted by atomic mass is 32.2. The highest BCUT2D eigenvalue weighted by Crippen LogP contribution is 2.49. The van der Waals surface area contributed by atoms with Crippen LogP contribution in [0.3, 0.4) is 0 Å². The Hall–Kier alpha value is -1.73. The molecule has 7 aliphatic rings. The molecule has 1 aliphatic carbocycles. The molecule has 2 N–H and O–H groups in total. The second-order valence-corrected chi connectivity index (χ2v) is 21.9. The molecule has 16 unspecified atom stereocenters. The van der Waals surface area contributed by atoms with Gasteiger partial charge in [0, 0.05) is 55.2 Å². The minimum atomic E-state index is -1.83. The van der Waals surface area contributed by atoms with Crippen LogP contribution < -0.4 is 5.32 Å². The van der Waals surface area contributed by atoms with E-state index in [2.05, 4.69) is 63.0 Å². The van der Waals surface area contributed by atoms with Gasteiger partial charge >= 0.3 is 5.97 Å². The Morgan fingerprint density at radius 1 is 0.950 bits per heavy atom. The summed E-state index contributed by atoms with van der Waals surface area (Å²) in [7, 11) is 7.81. The van der Waals surface area contributed by atoms with Crippen LogP contribution in [0.5, 0.6) is 0 Å². The van der Waals surface area contributed by atoms with Crippen molar-refractivity contribution in [2.24, 2.45) is 22.2 Å². The molecule has 0 amide bonds. The molecule has 16 heteroatoms. The fourth-order valence-corrected chi connectivity index (χ4v) is 13.0. The lowest BCUT2D eigenvalue weighted by atomic mass is 9.61. The number of nitrogens with one attached hydrogen (secondary N) is 1. The third kappa shape index (κ3) is 9.53. The van der Waals surface area contributed by atoms with Crippen LogP contribution in [0.25, 0.3) is 0 Å². The number of ether oxygens (including phenoxy) is 6. The molecule has 1 saturated carbocycles. The van der Waals surface area contributed by atoms with E-state index in [1.807, 2.05) is 34.9 Å². The number of hydrogen-bond donors (Lipinski definition) is 2. The van der Waals surface area contributed by atoms with Gasteiger partial charge in [-0.05, 0) is 101 Å². The maximum absolute atomic E-state index is 14.6. The first-order chi connectivity index (χ1) is 28.1. The van der Waals surface area contributed by atoms with Gasteiger partial charge < -0.3 is 48.6 Å². The highest BCUT2D eigenvalue weighted by molar-refractivity contribution is 8.14. The number of fused-ring (bicyclic) bond motifs is 9. The molecule has 3 saturated heterocycles.